The van der Waals surface area contributed by atoms with E-state index in [1.54, 1.807) is 0 Å². The Morgan fingerprint density at radius 2 is 2.16 bits per heavy atom. The molecule has 0 fully saturated rings. The summed E-state index contributed by atoms with van der Waals surface area (Å²) >= 11 is 5.69. The van der Waals surface area contributed by atoms with Crippen molar-refractivity contribution in [2.75, 3.05) is 27.2 Å². The molecule has 0 aliphatic heterocycles. The molecule has 2 N–H and O–H groups in total. The van der Waals surface area contributed by atoms with E-state index in [9.17, 15) is 14.9 Å². The molecule has 0 heterocycles. The van der Waals surface area contributed by atoms with E-state index in [4.69, 9.17) is 11.6 Å². The van der Waals surface area contributed by atoms with E-state index in [1.807, 2.05) is 14.1 Å². The molecule has 0 aromatic heterocycles. The molecule has 7 heteroatoms. The topological polar surface area (TPSA) is 76.7 Å². The largest absolute Gasteiger partial charge is 0.352 e. The van der Waals surface area contributed by atoms with Gasteiger partial charge in [-0.3, -0.25) is 14.9 Å². The number of halogens is 1. The SMILES string of the molecule is C[NH+](C)CCCNC(=O)c1ccc(Cl)cc1[N+](=O)[O-]. The number of carbonyl (C=O) groups excluding carboxylic acids is 1. The van der Waals surface area contributed by atoms with E-state index in [0.717, 1.165) is 13.0 Å². The first kappa shape index (κ1) is 15.4. The molecule has 104 valence electrons. The van der Waals surface area contributed by atoms with Crippen LogP contribution in [0.1, 0.15) is 16.8 Å². The van der Waals surface area contributed by atoms with Crippen LogP contribution < -0.4 is 10.2 Å². The second-order valence-corrected chi connectivity index (χ2v) is 4.92. The molecule has 0 spiro atoms. The van der Waals surface area contributed by atoms with E-state index in [2.05, 4.69) is 5.32 Å². The standard InChI is InChI=1S/C12H16ClN3O3/c1-15(2)7-3-6-14-12(17)10-5-4-9(13)8-11(10)16(18)19/h4-5,8H,3,6-7H2,1-2H3,(H,14,17)/p+1. The summed E-state index contributed by atoms with van der Waals surface area (Å²) in [7, 11) is 4.04. The highest BCUT2D eigenvalue weighted by atomic mass is 35.5. The normalized spacial score (nSPS) is 10.5. The Morgan fingerprint density at radius 1 is 1.47 bits per heavy atom. The van der Waals surface area contributed by atoms with Gasteiger partial charge in [0.15, 0.2) is 0 Å². The summed E-state index contributed by atoms with van der Waals surface area (Å²) in [5.74, 6) is -0.447. The van der Waals surface area contributed by atoms with Crippen molar-refractivity contribution in [2.45, 2.75) is 6.42 Å². The van der Waals surface area contributed by atoms with Crippen molar-refractivity contribution < 1.29 is 14.6 Å². The maximum atomic E-state index is 11.9. The van der Waals surface area contributed by atoms with Gasteiger partial charge in [-0.05, 0) is 12.1 Å². The minimum atomic E-state index is -0.606. The Hall–Kier alpha value is -1.66. The summed E-state index contributed by atoms with van der Waals surface area (Å²) in [6.45, 7) is 1.41. The highest BCUT2D eigenvalue weighted by molar-refractivity contribution is 6.31. The van der Waals surface area contributed by atoms with Crippen LogP contribution in [0.2, 0.25) is 5.02 Å². The molecule has 6 nitrogen and oxygen atoms in total. The summed E-state index contributed by atoms with van der Waals surface area (Å²) in [4.78, 5) is 23.4. The minimum Gasteiger partial charge on any atom is -0.352 e. The first-order chi connectivity index (χ1) is 8.91. The van der Waals surface area contributed by atoms with Crippen molar-refractivity contribution in [2.24, 2.45) is 0 Å². The number of carbonyl (C=O) groups is 1. The molecule has 1 amide bonds. The second kappa shape index (κ2) is 7.06. The minimum absolute atomic E-state index is 0.0339. The number of nitrogens with zero attached hydrogens (tertiary/aromatic N) is 1. The van der Waals surface area contributed by atoms with Crippen LogP contribution in [-0.4, -0.2) is 38.0 Å². The quantitative estimate of drug-likeness (QED) is 0.454. The van der Waals surface area contributed by atoms with Gasteiger partial charge in [0.1, 0.15) is 5.56 Å². The van der Waals surface area contributed by atoms with Crippen LogP contribution in [0.5, 0.6) is 0 Å². The van der Waals surface area contributed by atoms with Crippen molar-refractivity contribution in [3.8, 4) is 0 Å². The summed E-state index contributed by atoms with van der Waals surface area (Å²) < 4.78 is 0. The molecule has 0 aliphatic rings. The van der Waals surface area contributed by atoms with Crippen molar-refractivity contribution in [1.82, 2.24) is 5.32 Å². The Labute approximate surface area is 116 Å². The van der Waals surface area contributed by atoms with Crippen molar-refractivity contribution in [3.63, 3.8) is 0 Å². The van der Waals surface area contributed by atoms with E-state index in [1.165, 1.54) is 23.1 Å². The third-order valence-electron chi connectivity index (χ3n) is 2.54. The van der Waals surface area contributed by atoms with Crippen LogP contribution in [0, 0.1) is 10.1 Å². The zero-order valence-electron chi connectivity index (χ0n) is 10.9. The molecule has 0 bridgehead atoms. The van der Waals surface area contributed by atoms with Gasteiger partial charge in [0.25, 0.3) is 11.6 Å². The van der Waals surface area contributed by atoms with Crippen LogP contribution in [0.3, 0.4) is 0 Å². The monoisotopic (exact) mass is 286 g/mol. The van der Waals surface area contributed by atoms with Crippen LogP contribution in [0.4, 0.5) is 5.69 Å². The van der Waals surface area contributed by atoms with E-state index in [-0.39, 0.29) is 16.3 Å². The Balaban J connectivity index is 2.69. The fourth-order valence-corrected chi connectivity index (χ4v) is 1.75. The van der Waals surface area contributed by atoms with Gasteiger partial charge in [-0.2, -0.15) is 0 Å². The number of nitrogens with one attached hydrogen (secondary N) is 2. The van der Waals surface area contributed by atoms with Gasteiger partial charge in [-0.25, -0.2) is 0 Å². The number of nitro benzene ring substituents is 1. The molecule has 1 aromatic carbocycles. The van der Waals surface area contributed by atoms with Crippen molar-refractivity contribution in [1.29, 1.82) is 0 Å². The van der Waals surface area contributed by atoms with Crippen LogP contribution in [0.15, 0.2) is 18.2 Å². The van der Waals surface area contributed by atoms with Crippen LogP contribution in [0.25, 0.3) is 0 Å². The second-order valence-electron chi connectivity index (χ2n) is 4.49. The maximum Gasteiger partial charge on any atom is 0.283 e. The zero-order chi connectivity index (χ0) is 14.4. The molecule has 0 unspecified atom stereocenters. The predicted molar refractivity (Wildman–Crippen MR) is 72.7 cm³/mol. The summed E-state index contributed by atoms with van der Waals surface area (Å²) in [6, 6.07) is 4.01. The van der Waals surface area contributed by atoms with Gasteiger partial charge in [0.2, 0.25) is 0 Å². The summed E-state index contributed by atoms with van der Waals surface area (Å²) in [5.41, 5.74) is -0.241. The average molecular weight is 287 g/mol. The van der Waals surface area contributed by atoms with Gasteiger partial charge >= 0.3 is 0 Å². The number of benzene rings is 1. The highest BCUT2D eigenvalue weighted by Gasteiger charge is 2.20. The molecule has 1 rings (SSSR count). The molecular weight excluding hydrogens is 270 g/mol. The highest BCUT2D eigenvalue weighted by Crippen LogP contribution is 2.22. The molecule has 0 aliphatic carbocycles. The first-order valence-electron chi connectivity index (χ1n) is 5.93. The fraction of sp³-hybridized carbons (Fsp3) is 0.417. The Morgan fingerprint density at radius 3 is 2.74 bits per heavy atom. The molecule has 0 atom stereocenters. The number of quaternary nitrogens is 1. The lowest BCUT2D eigenvalue weighted by Crippen LogP contribution is -3.05. The lowest BCUT2D eigenvalue weighted by atomic mass is 10.1. The average Bonchev–Trinajstić information content (AvgIpc) is 2.33. The summed E-state index contributed by atoms with van der Waals surface area (Å²) in [5, 5.41) is 13.8. The fourth-order valence-electron chi connectivity index (χ4n) is 1.59. The number of amides is 1. The van der Waals surface area contributed by atoms with E-state index >= 15 is 0 Å². The molecule has 0 saturated carbocycles. The number of hydrogen-bond donors (Lipinski definition) is 2. The lowest BCUT2D eigenvalue weighted by molar-refractivity contribution is -0.858. The molecule has 1 aromatic rings. The maximum absolute atomic E-state index is 11.9. The van der Waals surface area contributed by atoms with Gasteiger partial charge in [-0.1, -0.05) is 11.6 Å². The third kappa shape index (κ3) is 4.84. The van der Waals surface area contributed by atoms with E-state index in [0.29, 0.717) is 6.54 Å². The first-order valence-corrected chi connectivity index (χ1v) is 6.30. The molecule has 19 heavy (non-hydrogen) atoms. The van der Waals surface area contributed by atoms with Crippen LogP contribution >= 0.6 is 11.6 Å². The smallest absolute Gasteiger partial charge is 0.283 e. The summed E-state index contributed by atoms with van der Waals surface area (Å²) in [6.07, 6.45) is 0.815. The molecular formula is C12H17ClN3O3+. The lowest BCUT2D eigenvalue weighted by Gasteiger charge is -2.08. The van der Waals surface area contributed by atoms with Gasteiger partial charge in [-0.15, -0.1) is 0 Å². The molecule has 0 radical (unpaired) electrons. The Kier molecular flexibility index (Phi) is 5.72. The van der Waals surface area contributed by atoms with Crippen molar-refractivity contribution in [3.05, 3.63) is 38.9 Å². The van der Waals surface area contributed by atoms with E-state index < -0.39 is 10.8 Å². The van der Waals surface area contributed by atoms with Gasteiger partial charge in [0, 0.05) is 24.1 Å². The predicted octanol–water partition coefficient (Wildman–Crippen LogP) is 0.513. The Bertz CT molecular complexity index is 477. The number of nitro groups is 1. The third-order valence-corrected chi connectivity index (χ3v) is 2.78. The van der Waals surface area contributed by atoms with Crippen molar-refractivity contribution >= 4 is 23.2 Å². The number of rotatable bonds is 6. The zero-order valence-corrected chi connectivity index (χ0v) is 11.7. The molecule has 0 saturated heterocycles. The van der Waals surface area contributed by atoms with Gasteiger partial charge < -0.3 is 10.2 Å². The van der Waals surface area contributed by atoms with Crippen LogP contribution in [-0.2, 0) is 0 Å². The van der Waals surface area contributed by atoms with Gasteiger partial charge in [0.05, 0.1) is 25.6 Å². The number of hydrogen-bond acceptors (Lipinski definition) is 3.